The van der Waals surface area contributed by atoms with Crippen LogP contribution in [0.3, 0.4) is 0 Å². The van der Waals surface area contributed by atoms with E-state index in [4.69, 9.17) is 0 Å². The smallest absolute Gasteiger partial charge is 0.0161 e. The van der Waals surface area contributed by atoms with Crippen LogP contribution in [0, 0.1) is 5.92 Å². The van der Waals surface area contributed by atoms with Gasteiger partial charge in [-0.3, -0.25) is 0 Å². The van der Waals surface area contributed by atoms with Crippen LogP contribution in [-0.4, -0.2) is 13.1 Å². The van der Waals surface area contributed by atoms with Crippen molar-refractivity contribution in [3.8, 4) is 0 Å². The molecule has 0 aromatic heterocycles. The first kappa shape index (κ1) is 10.8. The molecule has 1 aliphatic rings. The van der Waals surface area contributed by atoms with Gasteiger partial charge in [0.05, 0.1) is 0 Å². The van der Waals surface area contributed by atoms with E-state index in [1.165, 1.54) is 44.2 Å². The summed E-state index contributed by atoms with van der Waals surface area (Å²) in [5.74, 6) is 1.02. The van der Waals surface area contributed by atoms with Crippen LogP contribution in [-0.2, 0) is 0 Å². The van der Waals surface area contributed by atoms with Crippen LogP contribution >= 0.6 is 0 Å². The molecule has 0 bridgehead atoms. The van der Waals surface area contributed by atoms with Crippen LogP contribution in [0.4, 0.5) is 0 Å². The van der Waals surface area contributed by atoms with E-state index in [2.05, 4.69) is 18.8 Å². The quantitative estimate of drug-likeness (QED) is 0.490. The lowest BCUT2D eigenvalue weighted by Gasteiger charge is -2.10. The molecule has 0 spiro atoms. The standard InChI is InChI=1S/C12H23N/c1-3-11(2)10-13-9-8-12-6-4-5-7-12/h12-13H,2-10H2,1H3. The van der Waals surface area contributed by atoms with Gasteiger partial charge in [-0.25, -0.2) is 0 Å². The van der Waals surface area contributed by atoms with Gasteiger partial charge in [-0.2, -0.15) is 0 Å². The minimum atomic E-state index is 1.02. The average Bonchev–Trinajstić information content (AvgIpc) is 2.64. The summed E-state index contributed by atoms with van der Waals surface area (Å²) in [4.78, 5) is 0. The summed E-state index contributed by atoms with van der Waals surface area (Å²) in [6.45, 7) is 8.35. The molecular weight excluding hydrogens is 158 g/mol. The SMILES string of the molecule is C=C(CC)CNCCC1CCCC1. The molecule has 1 nitrogen and oxygen atoms in total. The minimum Gasteiger partial charge on any atom is -0.313 e. The second-order valence-corrected chi connectivity index (χ2v) is 4.22. The topological polar surface area (TPSA) is 12.0 Å². The van der Waals surface area contributed by atoms with Crippen LogP contribution in [0.1, 0.15) is 45.4 Å². The van der Waals surface area contributed by atoms with Crippen molar-refractivity contribution in [3.63, 3.8) is 0 Å². The first-order chi connectivity index (χ1) is 6.33. The second kappa shape index (κ2) is 6.20. The minimum absolute atomic E-state index is 1.02. The van der Waals surface area contributed by atoms with Gasteiger partial charge in [0.2, 0.25) is 0 Å². The maximum Gasteiger partial charge on any atom is 0.0161 e. The fourth-order valence-corrected chi connectivity index (χ4v) is 2.00. The Balaban J connectivity index is 1.91. The number of rotatable bonds is 6. The van der Waals surface area contributed by atoms with Gasteiger partial charge in [-0.05, 0) is 25.3 Å². The van der Waals surface area contributed by atoms with Gasteiger partial charge in [0, 0.05) is 6.54 Å². The first-order valence-corrected chi connectivity index (χ1v) is 5.70. The van der Waals surface area contributed by atoms with Gasteiger partial charge >= 0.3 is 0 Å². The Morgan fingerprint density at radius 3 is 2.69 bits per heavy atom. The van der Waals surface area contributed by atoms with Crippen molar-refractivity contribution in [1.82, 2.24) is 5.32 Å². The molecule has 0 radical (unpaired) electrons. The summed E-state index contributed by atoms with van der Waals surface area (Å²) in [5.41, 5.74) is 1.33. The molecule has 0 saturated heterocycles. The highest BCUT2D eigenvalue weighted by atomic mass is 14.8. The molecule has 0 atom stereocenters. The molecular formula is C12H23N. The third-order valence-corrected chi connectivity index (χ3v) is 3.08. The molecule has 1 rings (SSSR count). The number of hydrogen-bond acceptors (Lipinski definition) is 1. The fourth-order valence-electron chi connectivity index (χ4n) is 2.00. The summed E-state index contributed by atoms with van der Waals surface area (Å²) < 4.78 is 0. The van der Waals surface area contributed by atoms with Crippen molar-refractivity contribution < 1.29 is 0 Å². The molecule has 1 aliphatic carbocycles. The van der Waals surface area contributed by atoms with E-state index in [0.29, 0.717) is 0 Å². The van der Waals surface area contributed by atoms with Crippen molar-refractivity contribution in [2.75, 3.05) is 13.1 Å². The van der Waals surface area contributed by atoms with Crippen molar-refractivity contribution in [2.24, 2.45) is 5.92 Å². The van der Waals surface area contributed by atoms with Crippen LogP contribution in [0.25, 0.3) is 0 Å². The second-order valence-electron chi connectivity index (χ2n) is 4.22. The Kier molecular flexibility index (Phi) is 5.14. The molecule has 1 N–H and O–H groups in total. The van der Waals surface area contributed by atoms with Crippen molar-refractivity contribution >= 4 is 0 Å². The maximum absolute atomic E-state index is 3.98. The van der Waals surface area contributed by atoms with Crippen molar-refractivity contribution in [3.05, 3.63) is 12.2 Å². The van der Waals surface area contributed by atoms with E-state index >= 15 is 0 Å². The first-order valence-electron chi connectivity index (χ1n) is 5.70. The summed E-state index contributed by atoms with van der Waals surface area (Å²) >= 11 is 0. The lowest BCUT2D eigenvalue weighted by atomic mass is 10.0. The van der Waals surface area contributed by atoms with E-state index in [-0.39, 0.29) is 0 Å². The van der Waals surface area contributed by atoms with Crippen LogP contribution in [0.2, 0.25) is 0 Å². The van der Waals surface area contributed by atoms with E-state index in [1.54, 1.807) is 0 Å². The molecule has 0 aliphatic heterocycles. The van der Waals surface area contributed by atoms with Gasteiger partial charge in [0.1, 0.15) is 0 Å². The zero-order valence-electron chi connectivity index (χ0n) is 8.94. The molecule has 0 aromatic rings. The van der Waals surface area contributed by atoms with Crippen molar-refractivity contribution in [2.45, 2.75) is 45.4 Å². The molecule has 0 heterocycles. The third kappa shape index (κ3) is 4.47. The van der Waals surface area contributed by atoms with Gasteiger partial charge in [-0.1, -0.05) is 44.8 Å². The maximum atomic E-state index is 3.98. The molecule has 0 amide bonds. The molecule has 1 heteroatoms. The van der Waals surface area contributed by atoms with Gasteiger partial charge in [-0.15, -0.1) is 0 Å². The van der Waals surface area contributed by atoms with E-state index < -0.39 is 0 Å². The molecule has 0 unspecified atom stereocenters. The Labute approximate surface area is 82.6 Å². The number of hydrogen-bond donors (Lipinski definition) is 1. The summed E-state index contributed by atoms with van der Waals surface area (Å²) in [6, 6.07) is 0. The van der Waals surface area contributed by atoms with Gasteiger partial charge in [0.25, 0.3) is 0 Å². The molecule has 0 aromatic carbocycles. The van der Waals surface area contributed by atoms with Gasteiger partial charge in [0.15, 0.2) is 0 Å². The third-order valence-electron chi connectivity index (χ3n) is 3.08. The normalized spacial score (nSPS) is 17.9. The highest BCUT2D eigenvalue weighted by Crippen LogP contribution is 2.26. The summed E-state index contributed by atoms with van der Waals surface area (Å²) in [7, 11) is 0. The molecule has 13 heavy (non-hydrogen) atoms. The zero-order chi connectivity index (χ0) is 9.52. The average molecular weight is 181 g/mol. The van der Waals surface area contributed by atoms with E-state index in [0.717, 1.165) is 18.9 Å². The zero-order valence-corrected chi connectivity index (χ0v) is 8.94. The molecule has 1 saturated carbocycles. The largest absolute Gasteiger partial charge is 0.313 e. The highest BCUT2D eigenvalue weighted by Gasteiger charge is 2.13. The van der Waals surface area contributed by atoms with Gasteiger partial charge < -0.3 is 5.32 Å². The molecule has 1 fully saturated rings. The fraction of sp³-hybridized carbons (Fsp3) is 0.833. The van der Waals surface area contributed by atoms with Crippen LogP contribution in [0.15, 0.2) is 12.2 Å². The lowest BCUT2D eigenvalue weighted by Crippen LogP contribution is -2.19. The predicted molar refractivity (Wildman–Crippen MR) is 58.9 cm³/mol. The Morgan fingerprint density at radius 1 is 1.38 bits per heavy atom. The predicted octanol–water partition coefficient (Wildman–Crippen LogP) is 3.12. The number of nitrogens with one attached hydrogen (secondary N) is 1. The molecule has 76 valence electrons. The Bertz CT molecular complexity index is 145. The monoisotopic (exact) mass is 181 g/mol. The summed E-state index contributed by atoms with van der Waals surface area (Å²) in [6.07, 6.45) is 8.35. The van der Waals surface area contributed by atoms with E-state index in [9.17, 15) is 0 Å². The summed E-state index contributed by atoms with van der Waals surface area (Å²) in [5, 5.41) is 3.46. The van der Waals surface area contributed by atoms with Crippen molar-refractivity contribution in [1.29, 1.82) is 0 Å². The highest BCUT2D eigenvalue weighted by molar-refractivity contribution is 4.94. The Hall–Kier alpha value is -0.300. The van der Waals surface area contributed by atoms with E-state index in [1.807, 2.05) is 0 Å². The lowest BCUT2D eigenvalue weighted by molar-refractivity contribution is 0.483. The van der Waals surface area contributed by atoms with Crippen LogP contribution < -0.4 is 5.32 Å². The van der Waals surface area contributed by atoms with Crippen LogP contribution in [0.5, 0.6) is 0 Å². The Morgan fingerprint density at radius 2 is 2.08 bits per heavy atom.